The molecule has 1 amide bonds. The molecule has 0 radical (unpaired) electrons. The third kappa shape index (κ3) is 3.90. The molecule has 0 spiro atoms. The molecule has 1 aromatic heterocycles. The Kier molecular flexibility index (Phi) is 5.08. The largest absolute Gasteiger partial charge is 0.497 e. The maximum Gasteiger partial charge on any atom is 0.234 e. The van der Waals surface area contributed by atoms with E-state index in [0.717, 1.165) is 22.4 Å². The van der Waals surface area contributed by atoms with Gasteiger partial charge in [-0.05, 0) is 25.0 Å². The average Bonchev–Trinajstić information content (AvgIpc) is 3.32. The van der Waals surface area contributed by atoms with Crippen molar-refractivity contribution in [2.75, 3.05) is 18.2 Å². The average molecular weight is 346 g/mol. The highest BCUT2D eigenvalue weighted by atomic mass is 32.2. The molecule has 24 heavy (non-hydrogen) atoms. The van der Waals surface area contributed by atoms with E-state index < -0.39 is 0 Å². The lowest BCUT2D eigenvalue weighted by molar-refractivity contribution is -0.113. The summed E-state index contributed by atoms with van der Waals surface area (Å²) >= 11 is 1.44. The maximum absolute atomic E-state index is 12.2. The van der Waals surface area contributed by atoms with Gasteiger partial charge in [-0.3, -0.25) is 4.79 Å². The highest BCUT2D eigenvalue weighted by Crippen LogP contribution is 2.40. The predicted octanol–water partition coefficient (Wildman–Crippen LogP) is 3.48. The summed E-state index contributed by atoms with van der Waals surface area (Å²) in [5.74, 6) is 2.30. The van der Waals surface area contributed by atoms with Crippen LogP contribution in [0.25, 0.3) is 0 Å². The van der Waals surface area contributed by atoms with Crippen LogP contribution in [0.15, 0.2) is 29.4 Å². The van der Waals surface area contributed by atoms with E-state index in [1.807, 2.05) is 18.2 Å². The van der Waals surface area contributed by atoms with Gasteiger partial charge in [0.05, 0.1) is 12.9 Å². The van der Waals surface area contributed by atoms with E-state index in [1.54, 1.807) is 13.2 Å². The zero-order valence-corrected chi connectivity index (χ0v) is 15.0. The van der Waals surface area contributed by atoms with E-state index in [4.69, 9.17) is 4.74 Å². The van der Waals surface area contributed by atoms with Crippen LogP contribution >= 0.6 is 11.8 Å². The Morgan fingerprint density at radius 1 is 1.42 bits per heavy atom. The molecule has 1 aromatic carbocycles. The number of rotatable bonds is 7. The van der Waals surface area contributed by atoms with Crippen LogP contribution in [0, 0.1) is 0 Å². The van der Waals surface area contributed by atoms with Crippen molar-refractivity contribution < 1.29 is 9.53 Å². The van der Waals surface area contributed by atoms with Crippen LogP contribution in [0.3, 0.4) is 0 Å². The predicted molar refractivity (Wildman–Crippen MR) is 94.7 cm³/mol. The van der Waals surface area contributed by atoms with Gasteiger partial charge < -0.3 is 14.6 Å². The van der Waals surface area contributed by atoms with Gasteiger partial charge in [0.15, 0.2) is 5.16 Å². The summed E-state index contributed by atoms with van der Waals surface area (Å²) in [6, 6.07) is 7.83. The number of carbonyl (C=O) groups is 1. The fraction of sp³-hybridized carbons (Fsp3) is 0.471. The SMILES string of the molecule is COc1cccc(NC(=O)CSc2nnc(C(C)C)n2C2CC2)c1. The molecule has 1 fully saturated rings. The van der Waals surface area contributed by atoms with Crippen LogP contribution in [-0.4, -0.2) is 33.5 Å². The minimum Gasteiger partial charge on any atom is -0.497 e. The first-order valence-electron chi connectivity index (χ1n) is 8.10. The number of nitrogens with one attached hydrogen (secondary N) is 1. The number of carbonyl (C=O) groups excluding carboxylic acids is 1. The third-order valence-corrected chi connectivity index (χ3v) is 4.75. The van der Waals surface area contributed by atoms with Gasteiger partial charge in [-0.1, -0.05) is 31.7 Å². The second-order valence-electron chi connectivity index (χ2n) is 6.17. The molecular weight excluding hydrogens is 324 g/mol. The highest BCUT2D eigenvalue weighted by molar-refractivity contribution is 7.99. The lowest BCUT2D eigenvalue weighted by Crippen LogP contribution is -2.14. The second-order valence-corrected chi connectivity index (χ2v) is 7.11. The number of anilines is 1. The molecule has 2 aromatic rings. The summed E-state index contributed by atoms with van der Waals surface area (Å²) in [5, 5.41) is 12.3. The van der Waals surface area contributed by atoms with Gasteiger partial charge in [-0.25, -0.2) is 0 Å². The molecule has 1 aliphatic rings. The van der Waals surface area contributed by atoms with Crippen molar-refractivity contribution in [1.82, 2.24) is 14.8 Å². The van der Waals surface area contributed by atoms with Gasteiger partial charge in [-0.15, -0.1) is 10.2 Å². The first-order valence-corrected chi connectivity index (χ1v) is 9.08. The number of benzene rings is 1. The van der Waals surface area contributed by atoms with E-state index in [1.165, 1.54) is 24.6 Å². The molecule has 0 saturated heterocycles. The Morgan fingerprint density at radius 3 is 2.88 bits per heavy atom. The topological polar surface area (TPSA) is 69.0 Å². The molecule has 6 nitrogen and oxygen atoms in total. The van der Waals surface area contributed by atoms with E-state index in [9.17, 15) is 4.79 Å². The molecule has 1 heterocycles. The van der Waals surface area contributed by atoms with Crippen LogP contribution in [0.2, 0.25) is 0 Å². The van der Waals surface area contributed by atoms with Gasteiger partial charge in [0.1, 0.15) is 11.6 Å². The summed E-state index contributed by atoms with van der Waals surface area (Å²) < 4.78 is 7.36. The van der Waals surface area contributed by atoms with Gasteiger partial charge in [0.25, 0.3) is 0 Å². The summed E-state index contributed by atoms with van der Waals surface area (Å²) in [4.78, 5) is 12.2. The molecule has 0 aliphatic heterocycles. The van der Waals surface area contributed by atoms with Crippen molar-refractivity contribution in [1.29, 1.82) is 0 Å². The van der Waals surface area contributed by atoms with Gasteiger partial charge >= 0.3 is 0 Å². The fourth-order valence-electron chi connectivity index (χ4n) is 2.48. The molecule has 128 valence electrons. The zero-order valence-electron chi connectivity index (χ0n) is 14.2. The Morgan fingerprint density at radius 2 is 2.21 bits per heavy atom. The number of hydrogen-bond donors (Lipinski definition) is 1. The quantitative estimate of drug-likeness (QED) is 0.777. The Balaban J connectivity index is 1.62. The van der Waals surface area contributed by atoms with Crippen molar-refractivity contribution >= 4 is 23.4 Å². The number of nitrogens with zero attached hydrogens (tertiary/aromatic N) is 3. The summed E-state index contributed by atoms with van der Waals surface area (Å²) in [6.07, 6.45) is 2.34. The number of ether oxygens (including phenoxy) is 1. The summed E-state index contributed by atoms with van der Waals surface area (Å²) in [6.45, 7) is 4.24. The van der Waals surface area contributed by atoms with Crippen LogP contribution in [0.5, 0.6) is 5.75 Å². The van der Waals surface area contributed by atoms with Crippen molar-refractivity contribution in [3.63, 3.8) is 0 Å². The van der Waals surface area contributed by atoms with Crippen LogP contribution < -0.4 is 10.1 Å². The van der Waals surface area contributed by atoms with Crippen molar-refractivity contribution in [2.45, 2.75) is 43.8 Å². The molecule has 1 N–H and O–H groups in total. The van der Waals surface area contributed by atoms with Crippen LogP contribution in [0.1, 0.15) is 44.5 Å². The molecule has 0 bridgehead atoms. The fourth-order valence-corrected chi connectivity index (χ4v) is 3.30. The maximum atomic E-state index is 12.2. The molecule has 0 atom stereocenters. The minimum absolute atomic E-state index is 0.0651. The standard InChI is InChI=1S/C17H22N4O2S/c1-11(2)16-19-20-17(21(16)13-7-8-13)24-10-15(22)18-12-5-4-6-14(9-12)23-3/h4-6,9,11,13H,7-8,10H2,1-3H3,(H,18,22). The zero-order chi connectivity index (χ0) is 17.1. The lowest BCUT2D eigenvalue weighted by Gasteiger charge is -2.11. The number of hydrogen-bond acceptors (Lipinski definition) is 5. The monoisotopic (exact) mass is 346 g/mol. The lowest BCUT2D eigenvalue weighted by atomic mass is 10.2. The number of thioether (sulfide) groups is 1. The summed E-state index contributed by atoms with van der Waals surface area (Å²) in [5.41, 5.74) is 0.728. The molecule has 0 unspecified atom stereocenters. The van der Waals surface area contributed by atoms with Gasteiger partial charge in [-0.2, -0.15) is 0 Å². The smallest absolute Gasteiger partial charge is 0.234 e. The van der Waals surface area contributed by atoms with Gasteiger partial charge in [0, 0.05) is 23.7 Å². The normalized spacial score (nSPS) is 14.0. The van der Waals surface area contributed by atoms with Crippen LogP contribution in [0.4, 0.5) is 5.69 Å². The van der Waals surface area contributed by atoms with E-state index in [0.29, 0.717) is 17.7 Å². The first kappa shape index (κ1) is 16.8. The molecule has 3 rings (SSSR count). The van der Waals surface area contributed by atoms with Crippen molar-refractivity contribution in [2.24, 2.45) is 0 Å². The Bertz CT molecular complexity index is 725. The number of amides is 1. The van der Waals surface area contributed by atoms with Gasteiger partial charge in [0.2, 0.25) is 5.91 Å². The Hall–Kier alpha value is -2.02. The number of methoxy groups -OCH3 is 1. The van der Waals surface area contributed by atoms with Crippen molar-refractivity contribution in [3.05, 3.63) is 30.1 Å². The van der Waals surface area contributed by atoms with E-state index >= 15 is 0 Å². The van der Waals surface area contributed by atoms with E-state index in [2.05, 4.69) is 33.9 Å². The minimum atomic E-state index is -0.0651. The van der Waals surface area contributed by atoms with E-state index in [-0.39, 0.29) is 5.91 Å². The third-order valence-electron chi connectivity index (χ3n) is 3.81. The summed E-state index contributed by atoms with van der Waals surface area (Å²) in [7, 11) is 1.60. The molecular formula is C17H22N4O2S. The molecule has 1 saturated carbocycles. The number of aromatic nitrogens is 3. The molecule has 1 aliphatic carbocycles. The van der Waals surface area contributed by atoms with Crippen LogP contribution in [-0.2, 0) is 4.79 Å². The van der Waals surface area contributed by atoms with Crippen molar-refractivity contribution in [3.8, 4) is 5.75 Å². The first-order chi connectivity index (χ1) is 11.6. The highest BCUT2D eigenvalue weighted by Gasteiger charge is 2.30. The molecule has 7 heteroatoms. The Labute approximate surface area is 146 Å². The second kappa shape index (κ2) is 7.25.